The highest BCUT2D eigenvalue weighted by molar-refractivity contribution is 9.10. The number of Topliss-reactive ketones (excluding diaryl/α,β-unsaturated/α-hetero) is 1. The molecule has 0 bridgehead atoms. The summed E-state index contributed by atoms with van der Waals surface area (Å²) in [5, 5.41) is 0. The van der Waals surface area contributed by atoms with Crippen LogP contribution in [0.5, 0.6) is 0 Å². The maximum Gasteiger partial charge on any atom is 0.454 e. The highest BCUT2D eigenvalue weighted by Crippen LogP contribution is 2.38. The molecule has 0 aliphatic rings. The number of benzene rings is 1. The Labute approximate surface area is 105 Å². The summed E-state index contributed by atoms with van der Waals surface area (Å²) in [5.74, 6) is -2.37. The second-order valence-electron chi connectivity index (χ2n) is 3.24. The zero-order valence-electron chi connectivity index (χ0n) is 8.29. The Hall–Kier alpha value is -1.25. The van der Waals surface area contributed by atoms with E-state index in [-0.39, 0.29) is 6.07 Å². The van der Waals surface area contributed by atoms with Crippen LogP contribution in [0.25, 0.3) is 0 Å². The summed E-state index contributed by atoms with van der Waals surface area (Å²) in [6.45, 7) is 0. The molecule has 0 aliphatic carbocycles. The number of rotatable bonds is 1. The van der Waals surface area contributed by atoms with Crippen LogP contribution < -0.4 is 5.73 Å². The Balaban J connectivity index is 3.43. The minimum atomic E-state index is -5.25. The van der Waals surface area contributed by atoms with Gasteiger partial charge in [0, 0.05) is 10.0 Å². The average molecular weight is 336 g/mol. The normalized spacial score (nSPS) is 12.6. The van der Waals surface area contributed by atoms with Gasteiger partial charge in [-0.05, 0) is 28.1 Å². The molecule has 0 radical (unpaired) electrons. The van der Waals surface area contributed by atoms with E-state index in [1.807, 2.05) is 0 Å². The quantitative estimate of drug-likeness (QED) is 0.482. The molecule has 100 valence electrons. The van der Waals surface area contributed by atoms with Crippen molar-refractivity contribution in [2.24, 2.45) is 0 Å². The lowest BCUT2D eigenvalue weighted by Crippen LogP contribution is -2.23. The minimum absolute atomic E-state index is 0.0793. The molecule has 0 amide bonds. The number of hydrogen-bond acceptors (Lipinski definition) is 2. The first-order chi connectivity index (χ1) is 7.94. The van der Waals surface area contributed by atoms with Crippen LogP contribution >= 0.6 is 15.9 Å². The van der Waals surface area contributed by atoms with Gasteiger partial charge < -0.3 is 5.73 Å². The zero-order chi connectivity index (χ0) is 14.3. The van der Waals surface area contributed by atoms with Gasteiger partial charge in [0.2, 0.25) is 0 Å². The lowest BCUT2D eigenvalue weighted by molar-refractivity contribution is -0.137. The number of carbonyl (C=O) groups is 1. The molecule has 0 saturated carbocycles. The maximum atomic E-state index is 12.5. The predicted octanol–water partition coefficient (Wildman–Crippen LogP) is 3.80. The molecule has 0 unspecified atom stereocenters. The van der Waals surface area contributed by atoms with E-state index in [4.69, 9.17) is 5.73 Å². The molecular weight excluding hydrogens is 332 g/mol. The molecule has 1 aromatic rings. The molecule has 0 spiro atoms. The predicted molar refractivity (Wildman–Crippen MR) is 53.9 cm³/mol. The zero-order valence-corrected chi connectivity index (χ0v) is 9.87. The summed E-state index contributed by atoms with van der Waals surface area (Å²) < 4.78 is 73.4. The number of carbonyl (C=O) groups excluding carboxylic acids is 1. The van der Waals surface area contributed by atoms with E-state index in [1.165, 1.54) is 0 Å². The van der Waals surface area contributed by atoms with Crippen molar-refractivity contribution in [1.29, 1.82) is 0 Å². The Kier molecular flexibility index (Phi) is 3.66. The van der Waals surface area contributed by atoms with Gasteiger partial charge in [0.1, 0.15) is 0 Å². The van der Waals surface area contributed by atoms with Crippen molar-refractivity contribution < 1.29 is 31.1 Å². The maximum absolute atomic E-state index is 12.5. The molecule has 9 heteroatoms. The van der Waals surface area contributed by atoms with E-state index in [0.29, 0.717) is 6.07 Å². The molecule has 18 heavy (non-hydrogen) atoms. The summed E-state index contributed by atoms with van der Waals surface area (Å²) in [6, 6.07) is 0.677. The standard InChI is InChI=1S/C9H4BrF6NO/c10-5-2-3(7(18)9(14,15)16)1-4(6(5)17)8(11,12)13/h1-2H,17H2. The molecule has 0 heterocycles. The molecule has 0 aliphatic heterocycles. The van der Waals surface area contributed by atoms with E-state index >= 15 is 0 Å². The van der Waals surface area contributed by atoms with Gasteiger partial charge in [0.05, 0.1) is 11.3 Å². The van der Waals surface area contributed by atoms with Crippen LogP contribution in [0.1, 0.15) is 15.9 Å². The van der Waals surface area contributed by atoms with Gasteiger partial charge in [-0.2, -0.15) is 26.3 Å². The molecule has 1 aromatic carbocycles. The van der Waals surface area contributed by atoms with Crippen molar-refractivity contribution in [1.82, 2.24) is 0 Å². The highest BCUT2D eigenvalue weighted by Gasteiger charge is 2.41. The molecule has 0 atom stereocenters. The van der Waals surface area contributed by atoms with Crippen molar-refractivity contribution >= 4 is 27.4 Å². The summed E-state index contributed by atoms with van der Waals surface area (Å²) in [7, 11) is 0. The van der Waals surface area contributed by atoms with E-state index < -0.39 is 39.4 Å². The Bertz CT molecular complexity index is 493. The van der Waals surface area contributed by atoms with E-state index in [9.17, 15) is 31.1 Å². The summed E-state index contributed by atoms with van der Waals surface area (Å²) >= 11 is 2.58. The average Bonchev–Trinajstić information content (AvgIpc) is 2.17. The van der Waals surface area contributed by atoms with Gasteiger partial charge in [-0.3, -0.25) is 4.79 Å². The molecule has 1 rings (SSSR count). The number of nitrogens with two attached hydrogens (primary N) is 1. The molecule has 2 N–H and O–H groups in total. The van der Waals surface area contributed by atoms with Crippen molar-refractivity contribution in [3.05, 3.63) is 27.7 Å². The summed E-state index contributed by atoms with van der Waals surface area (Å²) in [6.07, 6.45) is -10.2. The SMILES string of the molecule is Nc1c(Br)cc(C(=O)C(F)(F)F)cc1C(F)(F)F. The first-order valence-corrected chi connectivity index (χ1v) is 5.01. The number of hydrogen-bond donors (Lipinski definition) is 1. The third-order valence-corrected chi connectivity index (χ3v) is 2.61. The van der Waals surface area contributed by atoms with Crippen LogP contribution in [0.4, 0.5) is 32.0 Å². The fourth-order valence-corrected chi connectivity index (χ4v) is 1.61. The molecule has 2 nitrogen and oxygen atoms in total. The molecule has 0 saturated heterocycles. The first-order valence-electron chi connectivity index (χ1n) is 4.22. The number of halogens is 7. The molecule has 0 fully saturated rings. The molecule has 0 aromatic heterocycles. The van der Waals surface area contributed by atoms with Crippen molar-refractivity contribution in [2.45, 2.75) is 12.4 Å². The Morgan fingerprint density at radius 2 is 1.61 bits per heavy atom. The Morgan fingerprint density at radius 1 is 1.11 bits per heavy atom. The summed E-state index contributed by atoms with van der Waals surface area (Å²) in [4.78, 5) is 10.9. The summed E-state index contributed by atoms with van der Waals surface area (Å²) in [5.41, 5.74) is 1.69. The third-order valence-electron chi connectivity index (χ3n) is 1.95. The number of nitrogen functional groups attached to an aromatic ring is 1. The van der Waals surface area contributed by atoms with Crippen molar-refractivity contribution in [3.8, 4) is 0 Å². The van der Waals surface area contributed by atoms with Crippen LogP contribution in [0.2, 0.25) is 0 Å². The van der Waals surface area contributed by atoms with Crippen molar-refractivity contribution in [3.63, 3.8) is 0 Å². The minimum Gasteiger partial charge on any atom is -0.397 e. The lowest BCUT2D eigenvalue weighted by atomic mass is 10.0. The second-order valence-corrected chi connectivity index (χ2v) is 4.10. The van der Waals surface area contributed by atoms with Gasteiger partial charge >= 0.3 is 12.4 Å². The van der Waals surface area contributed by atoms with Crippen LogP contribution in [-0.2, 0) is 6.18 Å². The number of anilines is 1. The third kappa shape index (κ3) is 2.95. The van der Waals surface area contributed by atoms with E-state index in [2.05, 4.69) is 15.9 Å². The second kappa shape index (κ2) is 4.45. The van der Waals surface area contributed by atoms with E-state index in [0.717, 1.165) is 0 Å². The fourth-order valence-electron chi connectivity index (χ4n) is 1.15. The largest absolute Gasteiger partial charge is 0.454 e. The van der Waals surface area contributed by atoms with Crippen LogP contribution in [-0.4, -0.2) is 12.0 Å². The van der Waals surface area contributed by atoms with E-state index in [1.54, 1.807) is 0 Å². The van der Waals surface area contributed by atoms with Crippen molar-refractivity contribution in [2.75, 3.05) is 5.73 Å². The van der Waals surface area contributed by atoms with Crippen LogP contribution in [0.3, 0.4) is 0 Å². The van der Waals surface area contributed by atoms with Crippen LogP contribution in [0.15, 0.2) is 16.6 Å². The first kappa shape index (κ1) is 14.8. The van der Waals surface area contributed by atoms with Gasteiger partial charge in [0.25, 0.3) is 5.78 Å². The smallest absolute Gasteiger partial charge is 0.397 e. The highest BCUT2D eigenvalue weighted by atomic mass is 79.9. The van der Waals surface area contributed by atoms with Gasteiger partial charge in [-0.1, -0.05) is 0 Å². The molecular formula is C9H4BrF6NO. The number of alkyl halides is 6. The fraction of sp³-hybridized carbons (Fsp3) is 0.222. The van der Waals surface area contributed by atoms with Crippen LogP contribution in [0, 0.1) is 0 Å². The van der Waals surface area contributed by atoms with Gasteiger partial charge in [-0.25, -0.2) is 0 Å². The topological polar surface area (TPSA) is 43.1 Å². The lowest BCUT2D eigenvalue weighted by Gasteiger charge is -2.14. The number of ketones is 1. The van der Waals surface area contributed by atoms with Gasteiger partial charge in [0.15, 0.2) is 0 Å². The Morgan fingerprint density at radius 3 is 2.00 bits per heavy atom. The monoisotopic (exact) mass is 335 g/mol. The van der Waals surface area contributed by atoms with Gasteiger partial charge in [-0.15, -0.1) is 0 Å².